The molecule has 0 amide bonds. The second-order valence-corrected chi connectivity index (χ2v) is 4.35. The molecule has 0 aliphatic carbocycles. The van der Waals surface area contributed by atoms with Gasteiger partial charge in [0.05, 0.1) is 12.4 Å². The van der Waals surface area contributed by atoms with Crippen molar-refractivity contribution in [1.82, 2.24) is 9.55 Å². The van der Waals surface area contributed by atoms with Gasteiger partial charge in [-0.05, 0) is 11.4 Å². The topological polar surface area (TPSA) is 58.7 Å². The van der Waals surface area contributed by atoms with Gasteiger partial charge in [-0.3, -0.25) is 4.79 Å². The van der Waals surface area contributed by atoms with Gasteiger partial charge in [0.15, 0.2) is 0 Å². The third-order valence-electron chi connectivity index (χ3n) is 2.18. The molecule has 1 atom stereocenters. The maximum absolute atomic E-state index is 12.0. The van der Waals surface area contributed by atoms with E-state index in [9.17, 15) is 4.79 Å². The predicted octanol–water partition coefficient (Wildman–Crippen LogP) is 1.97. The van der Waals surface area contributed by atoms with E-state index in [1.165, 1.54) is 11.3 Å². The molecule has 0 aliphatic heterocycles. The van der Waals surface area contributed by atoms with E-state index in [-0.39, 0.29) is 5.78 Å². The van der Waals surface area contributed by atoms with Gasteiger partial charge in [-0.25, -0.2) is 4.98 Å². The Bertz CT molecular complexity index is 536. The minimum absolute atomic E-state index is 0.245. The predicted molar refractivity (Wildman–Crippen MR) is 60.2 cm³/mol. The van der Waals surface area contributed by atoms with Gasteiger partial charge in [-0.2, -0.15) is 5.26 Å². The molecule has 0 bridgehead atoms. The van der Waals surface area contributed by atoms with Crippen LogP contribution >= 0.6 is 11.3 Å². The smallest absolute Gasteiger partial charge is 0.205 e. The van der Waals surface area contributed by atoms with Crippen LogP contribution in [-0.2, 0) is 7.05 Å². The second-order valence-electron chi connectivity index (χ2n) is 3.37. The van der Waals surface area contributed by atoms with Crippen LogP contribution < -0.4 is 0 Å². The average Bonchev–Trinajstić information content (AvgIpc) is 2.90. The zero-order valence-electron chi connectivity index (χ0n) is 8.62. The highest BCUT2D eigenvalue weighted by molar-refractivity contribution is 7.10. The van der Waals surface area contributed by atoms with Crippen molar-refractivity contribution in [1.29, 1.82) is 5.26 Å². The van der Waals surface area contributed by atoms with E-state index in [2.05, 4.69) is 4.98 Å². The van der Waals surface area contributed by atoms with Gasteiger partial charge in [0, 0.05) is 18.1 Å². The minimum atomic E-state index is -0.741. The van der Waals surface area contributed by atoms with Crippen molar-refractivity contribution in [2.45, 2.75) is 5.92 Å². The number of Topliss-reactive ketones (excluding diaryl/α,β-unsaturated/α-hetero) is 1. The molecule has 1 unspecified atom stereocenters. The van der Waals surface area contributed by atoms with E-state index >= 15 is 0 Å². The molecule has 0 aromatic carbocycles. The molecule has 0 fully saturated rings. The molecule has 80 valence electrons. The summed E-state index contributed by atoms with van der Waals surface area (Å²) in [6.45, 7) is 0. The van der Waals surface area contributed by atoms with Crippen LogP contribution in [0.5, 0.6) is 0 Å². The number of rotatable bonds is 3. The number of carbonyl (C=O) groups excluding carboxylic acids is 1. The Hall–Kier alpha value is -1.93. The van der Waals surface area contributed by atoms with Crippen LogP contribution in [-0.4, -0.2) is 15.3 Å². The number of hydrogen-bond donors (Lipinski definition) is 0. The lowest BCUT2D eigenvalue weighted by Gasteiger charge is -2.02. The summed E-state index contributed by atoms with van der Waals surface area (Å²) in [6.07, 6.45) is 3.18. The third kappa shape index (κ3) is 1.88. The fourth-order valence-electron chi connectivity index (χ4n) is 1.39. The highest BCUT2D eigenvalue weighted by Gasteiger charge is 2.24. The monoisotopic (exact) mass is 231 g/mol. The Labute approximate surface area is 96.8 Å². The molecular weight excluding hydrogens is 222 g/mol. The first kappa shape index (κ1) is 10.6. The Morgan fingerprint density at radius 3 is 3.00 bits per heavy atom. The first-order valence-corrected chi connectivity index (χ1v) is 5.55. The van der Waals surface area contributed by atoms with Crippen LogP contribution in [0, 0.1) is 11.3 Å². The molecule has 2 aromatic rings. The molecule has 2 heterocycles. The lowest BCUT2D eigenvalue weighted by atomic mass is 10.0. The number of thiophene rings is 1. The summed E-state index contributed by atoms with van der Waals surface area (Å²) in [5.41, 5.74) is 0.336. The zero-order valence-corrected chi connectivity index (χ0v) is 9.44. The van der Waals surface area contributed by atoms with Crippen molar-refractivity contribution in [2.24, 2.45) is 7.05 Å². The van der Waals surface area contributed by atoms with Crippen LogP contribution in [0.1, 0.15) is 21.3 Å². The van der Waals surface area contributed by atoms with E-state index in [0.717, 1.165) is 4.88 Å². The minimum Gasteiger partial charge on any atom is -0.340 e. The molecule has 16 heavy (non-hydrogen) atoms. The average molecular weight is 231 g/mol. The number of aryl methyl sites for hydroxylation is 1. The van der Waals surface area contributed by atoms with Crippen molar-refractivity contribution in [3.8, 4) is 6.07 Å². The Morgan fingerprint density at radius 1 is 1.69 bits per heavy atom. The number of hydrogen-bond acceptors (Lipinski definition) is 4. The number of carbonyl (C=O) groups is 1. The molecule has 0 spiro atoms. The third-order valence-corrected chi connectivity index (χ3v) is 3.11. The number of nitrogens with zero attached hydrogens (tertiary/aromatic N) is 3. The van der Waals surface area contributed by atoms with Crippen molar-refractivity contribution in [2.75, 3.05) is 0 Å². The first-order valence-electron chi connectivity index (χ1n) is 4.67. The molecule has 0 saturated carbocycles. The van der Waals surface area contributed by atoms with E-state index in [1.54, 1.807) is 30.2 Å². The van der Waals surface area contributed by atoms with E-state index in [1.807, 2.05) is 17.5 Å². The quantitative estimate of drug-likeness (QED) is 0.759. The lowest BCUT2D eigenvalue weighted by Crippen LogP contribution is -2.10. The number of ketones is 1. The highest BCUT2D eigenvalue weighted by atomic mass is 32.1. The Kier molecular flexibility index (Phi) is 2.84. The van der Waals surface area contributed by atoms with Crippen LogP contribution in [0.3, 0.4) is 0 Å². The number of aromatic nitrogens is 2. The molecule has 0 N–H and O–H groups in total. The fourth-order valence-corrected chi connectivity index (χ4v) is 2.16. The normalized spacial score (nSPS) is 12.0. The molecule has 0 saturated heterocycles. The standard InChI is InChI=1S/C11H9N3OS/c1-14-6-9(13-7-14)11(15)8(5-12)10-3-2-4-16-10/h2-4,6-8H,1H3. The van der Waals surface area contributed by atoms with Gasteiger partial charge in [0.2, 0.25) is 5.78 Å². The summed E-state index contributed by atoms with van der Waals surface area (Å²) in [5.74, 6) is -0.986. The van der Waals surface area contributed by atoms with Crippen molar-refractivity contribution >= 4 is 17.1 Å². The summed E-state index contributed by atoms with van der Waals surface area (Å²) in [5, 5.41) is 10.9. The SMILES string of the molecule is Cn1cnc(C(=O)C(C#N)c2cccs2)c1. The Balaban J connectivity index is 2.31. The van der Waals surface area contributed by atoms with Gasteiger partial charge >= 0.3 is 0 Å². The van der Waals surface area contributed by atoms with E-state index in [4.69, 9.17) is 5.26 Å². The van der Waals surface area contributed by atoms with Crippen LogP contribution in [0.15, 0.2) is 30.0 Å². The molecule has 0 aliphatic rings. The van der Waals surface area contributed by atoms with E-state index in [0.29, 0.717) is 5.69 Å². The molecule has 0 radical (unpaired) electrons. The lowest BCUT2D eigenvalue weighted by molar-refractivity contribution is 0.0975. The van der Waals surface area contributed by atoms with Crippen molar-refractivity contribution in [3.63, 3.8) is 0 Å². The van der Waals surface area contributed by atoms with Gasteiger partial charge < -0.3 is 4.57 Å². The van der Waals surface area contributed by atoms with Gasteiger partial charge in [0.1, 0.15) is 11.6 Å². The summed E-state index contributed by atoms with van der Waals surface area (Å²) >= 11 is 1.41. The van der Waals surface area contributed by atoms with Crippen molar-refractivity contribution in [3.05, 3.63) is 40.6 Å². The molecule has 5 heteroatoms. The first-order chi connectivity index (χ1) is 7.72. The molecule has 2 aromatic heterocycles. The molecule has 2 rings (SSSR count). The summed E-state index contributed by atoms with van der Waals surface area (Å²) in [4.78, 5) is 16.7. The number of nitriles is 1. The van der Waals surface area contributed by atoms with Gasteiger partial charge in [-0.15, -0.1) is 11.3 Å². The van der Waals surface area contributed by atoms with E-state index < -0.39 is 5.92 Å². The molecule has 4 nitrogen and oxygen atoms in total. The summed E-state index contributed by atoms with van der Waals surface area (Å²) < 4.78 is 1.69. The maximum Gasteiger partial charge on any atom is 0.205 e. The summed E-state index contributed by atoms with van der Waals surface area (Å²) in [6, 6.07) is 5.64. The van der Waals surface area contributed by atoms with Gasteiger partial charge in [-0.1, -0.05) is 6.07 Å². The zero-order chi connectivity index (χ0) is 11.5. The largest absolute Gasteiger partial charge is 0.340 e. The number of imidazole rings is 1. The fraction of sp³-hybridized carbons (Fsp3) is 0.182. The maximum atomic E-state index is 12.0. The highest BCUT2D eigenvalue weighted by Crippen LogP contribution is 2.23. The second kappa shape index (κ2) is 4.29. The summed E-state index contributed by atoms with van der Waals surface area (Å²) in [7, 11) is 1.79. The van der Waals surface area contributed by atoms with Crippen LogP contribution in [0.25, 0.3) is 0 Å². The molecular formula is C11H9N3OS. The Morgan fingerprint density at radius 2 is 2.50 bits per heavy atom. The van der Waals surface area contributed by atoms with Crippen LogP contribution in [0.2, 0.25) is 0 Å². The van der Waals surface area contributed by atoms with Gasteiger partial charge in [0.25, 0.3) is 0 Å². The van der Waals surface area contributed by atoms with Crippen LogP contribution in [0.4, 0.5) is 0 Å². The van der Waals surface area contributed by atoms with Crippen molar-refractivity contribution < 1.29 is 4.79 Å².